The van der Waals surface area contributed by atoms with E-state index in [2.05, 4.69) is 19.2 Å². The number of hydrogen-bond donors (Lipinski definition) is 2. The first-order valence-electron chi connectivity index (χ1n) is 4.31. The van der Waals surface area contributed by atoms with E-state index in [4.69, 9.17) is 4.74 Å². The fourth-order valence-corrected chi connectivity index (χ4v) is 1.39. The number of nitrogens with one attached hydrogen (secondary N) is 1. The molecule has 0 radical (unpaired) electrons. The first-order chi connectivity index (χ1) is 6.07. The van der Waals surface area contributed by atoms with Crippen molar-refractivity contribution in [1.29, 1.82) is 0 Å². The molecule has 3 heteroatoms. The van der Waals surface area contributed by atoms with Crippen LogP contribution in [0.2, 0.25) is 0 Å². The van der Waals surface area contributed by atoms with Crippen LogP contribution < -0.4 is 10.1 Å². The van der Waals surface area contributed by atoms with Gasteiger partial charge in [-0.1, -0.05) is 0 Å². The van der Waals surface area contributed by atoms with Crippen molar-refractivity contribution < 1.29 is 9.84 Å². The molecule has 2 N–H and O–H groups in total. The van der Waals surface area contributed by atoms with E-state index in [0.29, 0.717) is 6.61 Å². The lowest BCUT2D eigenvalue weighted by Crippen LogP contribution is -2.40. The summed E-state index contributed by atoms with van der Waals surface area (Å²) in [5, 5.41) is 12.5. The van der Waals surface area contributed by atoms with Crippen LogP contribution in [0.3, 0.4) is 0 Å². The Labute approximate surface area is 77.3 Å². The summed E-state index contributed by atoms with van der Waals surface area (Å²) in [7, 11) is 0. The molecule has 0 fully saturated rings. The number of rotatable bonds is 0. The maximum atomic E-state index is 9.21. The van der Waals surface area contributed by atoms with Gasteiger partial charge in [0.2, 0.25) is 0 Å². The van der Waals surface area contributed by atoms with Crippen LogP contribution in [0.4, 0.5) is 5.69 Å². The molecule has 1 aromatic rings. The zero-order valence-corrected chi connectivity index (χ0v) is 7.79. The van der Waals surface area contributed by atoms with Crippen molar-refractivity contribution in [3.63, 3.8) is 0 Å². The maximum absolute atomic E-state index is 9.21. The summed E-state index contributed by atoms with van der Waals surface area (Å²) >= 11 is 0. The Kier molecular flexibility index (Phi) is 1.62. The highest BCUT2D eigenvalue weighted by atomic mass is 16.5. The minimum Gasteiger partial charge on any atom is -0.508 e. The molecule has 0 amide bonds. The Morgan fingerprint density at radius 3 is 3.00 bits per heavy atom. The zero-order chi connectivity index (χ0) is 9.47. The van der Waals surface area contributed by atoms with Gasteiger partial charge in [0.05, 0.1) is 11.2 Å². The van der Waals surface area contributed by atoms with Gasteiger partial charge < -0.3 is 15.2 Å². The second-order valence-corrected chi connectivity index (χ2v) is 3.98. The largest absolute Gasteiger partial charge is 0.508 e. The van der Waals surface area contributed by atoms with E-state index in [1.807, 2.05) is 6.07 Å². The Balaban J connectivity index is 2.37. The van der Waals surface area contributed by atoms with Gasteiger partial charge in [0, 0.05) is 6.07 Å². The number of anilines is 1. The van der Waals surface area contributed by atoms with Gasteiger partial charge in [-0.3, -0.25) is 0 Å². The highest BCUT2D eigenvalue weighted by molar-refractivity contribution is 5.61. The fraction of sp³-hybridized carbons (Fsp3) is 0.400. The monoisotopic (exact) mass is 179 g/mol. The topological polar surface area (TPSA) is 41.5 Å². The third kappa shape index (κ3) is 1.54. The minimum absolute atomic E-state index is 0.0377. The SMILES string of the molecule is CC1(C)COc2cc(O)ccc2N1. The van der Waals surface area contributed by atoms with Crippen molar-refractivity contribution in [2.24, 2.45) is 0 Å². The molecule has 3 nitrogen and oxygen atoms in total. The third-order valence-electron chi connectivity index (χ3n) is 2.03. The molecule has 1 heterocycles. The third-order valence-corrected chi connectivity index (χ3v) is 2.03. The average molecular weight is 179 g/mol. The van der Waals surface area contributed by atoms with Crippen molar-refractivity contribution >= 4 is 5.69 Å². The Bertz CT molecular complexity index is 334. The molecule has 0 atom stereocenters. The van der Waals surface area contributed by atoms with Gasteiger partial charge in [-0.05, 0) is 26.0 Å². The average Bonchev–Trinajstić information content (AvgIpc) is 2.05. The molecule has 0 aromatic heterocycles. The first-order valence-corrected chi connectivity index (χ1v) is 4.31. The first kappa shape index (κ1) is 8.23. The molecular formula is C10H13NO2. The molecular weight excluding hydrogens is 166 g/mol. The van der Waals surface area contributed by atoms with Gasteiger partial charge in [0.15, 0.2) is 0 Å². The number of fused-ring (bicyclic) bond motifs is 1. The summed E-state index contributed by atoms with van der Waals surface area (Å²) in [4.78, 5) is 0. The molecule has 0 saturated carbocycles. The molecule has 1 aromatic carbocycles. The highest BCUT2D eigenvalue weighted by Gasteiger charge is 2.25. The van der Waals surface area contributed by atoms with Crippen LogP contribution in [0, 0.1) is 0 Å². The summed E-state index contributed by atoms with van der Waals surface area (Å²) in [5.41, 5.74) is 0.901. The molecule has 1 aliphatic heterocycles. The number of phenolic OH excluding ortho intramolecular Hbond substituents is 1. The lowest BCUT2D eigenvalue weighted by Gasteiger charge is -2.33. The van der Waals surface area contributed by atoms with Gasteiger partial charge in [-0.25, -0.2) is 0 Å². The van der Waals surface area contributed by atoms with E-state index < -0.39 is 0 Å². The predicted molar refractivity (Wildman–Crippen MR) is 51.3 cm³/mol. The van der Waals surface area contributed by atoms with E-state index in [-0.39, 0.29) is 11.3 Å². The van der Waals surface area contributed by atoms with Gasteiger partial charge in [0.25, 0.3) is 0 Å². The number of hydrogen-bond acceptors (Lipinski definition) is 3. The number of ether oxygens (including phenoxy) is 1. The van der Waals surface area contributed by atoms with Gasteiger partial charge in [-0.2, -0.15) is 0 Å². The van der Waals surface area contributed by atoms with Crippen LogP contribution in [0.1, 0.15) is 13.8 Å². The summed E-state index contributed by atoms with van der Waals surface area (Å²) in [6.07, 6.45) is 0. The van der Waals surface area contributed by atoms with E-state index >= 15 is 0 Å². The number of benzene rings is 1. The number of aromatic hydroxyl groups is 1. The molecule has 2 rings (SSSR count). The van der Waals surface area contributed by atoms with E-state index in [1.165, 1.54) is 0 Å². The van der Waals surface area contributed by atoms with Crippen LogP contribution >= 0.6 is 0 Å². The van der Waals surface area contributed by atoms with Crippen LogP contribution in [0.15, 0.2) is 18.2 Å². The van der Waals surface area contributed by atoms with E-state index in [1.54, 1.807) is 12.1 Å². The number of phenols is 1. The summed E-state index contributed by atoms with van der Waals surface area (Å²) < 4.78 is 5.50. The molecule has 0 spiro atoms. The summed E-state index contributed by atoms with van der Waals surface area (Å²) in [6, 6.07) is 5.10. The van der Waals surface area contributed by atoms with Crippen molar-refractivity contribution in [2.75, 3.05) is 11.9 Å². The fourth-order valence-electron chi connectivity index (χ4n) is 1.39. The van der Waals surface area contributed by atoms with Crippen LogP contribution in [-0.4, -0.2) is 17.3 Å². The van der Waals surface area contributed by atoms with Gasteiger partial charge >= 0.3 is 0 Å². The zero-order valence-electron chi connectivity index (χ0n) is 7.79. The molecule has 70 valence electrons. The summed E-state index contributed by atoms with van der Waals surface area (Å²) in [5.74, 6) is 0.958. The molecule has 0 saturated heterocycles. The molecule has 0 unspecified atom stereocenters. The lowest BCUT2D eigenvalue weighted by atomic mass is 10.0. The quantitative estimate of drug-likeness (QED) is 0.598. The van der Waals surface area contributed by atoms with Gasteiger partial charge in [-0.15, -0.1) is 0 Å². The van der Waals surface area contributed by atoms with Crippen LogP contribution in [-0.2, 0) is 0 Å². The molecule has 0 bridgehead atoms. The van der Waals surface area contributed by atoms with Crippen molar-refractivity contribution in [3.05, 3.63) is 18.2 Å². The molecule has 1 aliphatic rings. The van der Waals surface area contributed by atoms with Gasteiger partial charge in [0.1, 0.15) is 18.1 Å². The Hall–Kier alpha value is -1.38. The second kappa shape index (κ2) is 2.55. The minimum atomic E-state index is -0.0377. The predicted octanol–water partition coefficient (Wildman–Crippen LogP) is 1.98. The van der Waals surface area contributed by atoms with E-state index in [0.717, 1.165) is 11.4 Å². The maximum Gasteiger partial charge on any atom is 0.146 e. The van der Waals surface area contributed by atoms with Crippen LogP contribution in [0.25, 0.3) is 0 Å². The van der Waals surface area contributed by atoms with E-state index in [9.17, 15) is 5.11 Å². The molecule has 13 heavy (non-hydrogen) atoms. The lowest BCUT2D eigenvalue weighted by molar-refractivity contribution is 0.241. The second-order valence-electron chi connectivity index (χ2n) is 3.98. The Morgan fingerprint density at radius 1 is 1.46 bits per heavy atom. The molecule has 0 aliphatic carbocycles. The highest BCUT2D eigenvalue weighted by Crippen LogP contribution is 2.34. The normalized spacial score (nSPS) is 18.3. The van der Waals surface area contributed by atoms with Crippen molar-refractivity contribution in [1.82, 2.24) is 0 Å². The summed E-state index contributed by atoms with van der Waals surface area (Å²) in [6.45, 7) is 4.76. The standard InChI is InChI=1S/C10H13NO2/c1-10(2)6-13-9-5-7(12)3-4-8(9)11-10/h3-5,11-12H,6H2,1-2H3. The smallest absolute Gasteiger partial charge is 0.146 e. The Morgan fingerprint density at radius 2 is 2.23 bits per heavy atom. The van der Waals surface area contributed by atoms with Crippen molar-refractivity contribution in [3.8, 4) is 11.5 Å². The van der Waals surface area contributed by atoms with Crippen molar-refractivity contribution in [2.45, 2.75) is 19.4 Å². The van der Waals surface area contributed by atoms with Crippen LogP contribution in [0.5, 0.6) is 11.5 Å².